The topological polar surface area (TPSA) is 465 Å². The molecule has 0 spiro atoms. The predicted molar refractivity (Wildman–Crippen MR) is 414 cm³/mol. The van der Waals surface area contributed by atoms with Crippen LogP contribution in [0.25, 0.3) is 10.9 Å². The normalized spacial score (nSPS) is 15.1. The fourth-order valence-corrected chi connectivity index (χ4v) is 12.4. The van der Waals surface area contributed by atoms with E-state index in [1.165, 1.54) is 77.6 Å². The van der Waals surface area contributed by atoms with Crippen molar-refractivity contribution in [2.45, 2.75) is 282 Å². The molecule has 2 aromatic carbocycles. The van der Waals surface area contributed by atoms with Crippen LogP contribution >= 0.6 is 0 Å². The number of nitrogens with zero attached hydrogens (tertiary/aromatic N) is 2. The van der Waals surface area contributed by atoms with Gasteiger partial charge in [-0.3, -0.25) is 57.7 Å². The first-order valence-corrected chi connectivity index (χ1v) is 39.4. The fourth-order valence-electron chi connectivity index (χ4n) is 12.4. The number of primary amides is 1. The van der Waals surface area contributed by atoms with E-state index in [2.05, 4.69) is 82.4 Å². The Labute approximate surface area is 632 Å². The minimum atomic E-state index is -1.51. The number of nitrogens with one attached hydrogen (secondary N) is 12. The highest BCUT2D eigenvalue weighted by molar-refractivity contribution is 5.97. The average Bonchev–Trinajstić information content (AvgIpc) is 1.73. The second-order valence-corrected chi connectivity index (χ2v) is 27.9. The molecule has 1 saturated heterocycles. The molecule has 0 saturated carbocycles. The zero-order valence-electron chi connectivity index (χ0n) is 64.1. The van der Waals surface area contributed by atoms with Crippen molar-refractivity contribution in [3.63, 3.8) is 0 Å². The molecule has 11 amide bonds. The molecule has 8 atom stereocenters. The number of fused-ring (bicyclic) bond motifs is 1. The number of guanidine groups is 1. The molecule has 1 aliphatic rings. The van der Waals surface area contributed by atoms with Crippen LogP contribution in [-0.2, 0) is 70.3 Å². The van der Waals surface area contributed by atoms with Crippen molar-refractivity contribution in [2.24, 2.45) is 27.9 Å². The maximum Gasteiger partial charge on any atom is 0.265 e. The Bertz CT molecular complexity index is 3190. The number of hydrazine groups is 1. The van der Waals surface area contributed by atoms with Crippen LogP contribution in [0, 0.1) is 0 Å². The Morgan fingerprint density at radius 1 is 0.477 bits per heavy atom. The summed E-state index contributed by atoms with van der Waals surface area (Å²) in [5.74, 6) is -7.03. The Morgan fingerprint density at radius 3 is 1.52 bits per heavy atom. The third-order valence-electron chi connectivity index (χ3n) is 18.7. The van der Waals surface area contributed by atoms with Crippen LogP contribution in [0.2, 0.25) is 0 Å². The first-order chi connectivity index (χ1) is 51.7. The molecule has 0 aliphatic carbocycles. The first kappa shape index (κ1) is 90.7. The molecule has 0 radical (unpaired) electrons. The molecule has 598 valence electrons. The van der Waals surface area contributed by atoms with Gasteiger partial charge in [-0.25, -0.2) is 5.43 Å². The fraction of sp³-hybridized carbons (Fsp3) is 0.662. The molecule has 3 aromatic rings. The van der Waals surface area contributed by atoms with E-state index in [9.17, 15) is 52.7 Å². The number of unbranched alkanes of at least 4 members (excludes halogenated alkanes) is 18. The van der Waals surface area contributed by atoms with Crippen LogP contribution in [0.5, 0.6) is 0 Å². The van der Waals surface area contributed by atoms with E-state index >= 15 is 0 Å². The molecule has 1 aliphatic heterocycles. The molecule has 0 bridgehead atoms. The summed E-state index contributed by atoms with van der Waals surface area (Å²) in [5.41, 5.74) is 27.9. The van der Waals surface area contributed by atoms with Crippen LogP contribution < -0.4 is 81.5 Å². The molecular formula is C77H128N18O12. The number of amides is 11. The molecule has 2 heterocycles. The van der Waals surface area contributed by atoms with Gasteiger partial charge in [0.05, 0.1) is 6.54 Å². The largest absolute Gasteiger partial charge is 0.370 e. The van der Waals surface area contributed by atoms with Gasteiger partial charge in [0.1, 0.15) is 36.3 Å². The van der Waals surface area contributed by atoms with Crippen LogP contribution in [-0.4, -0.2) is 175 Å². The molecule has 1 aromatic heterocycles. The van der Waals surface area contributed by atoms with Crippen molar-refractivity contribution < 1.29 is 57.5 Å². The Hall–Kier alpha value is -8.74. The molecule has 20 N–H and O–H groups in total. The lowest BCUT2D eigenvalue weighted by atomic mass is 10.0. The second-order valence-electron chi connectivity index (χ2n) is 27.9. The minimum absolute atomic E-state index is 0.0113. The van der Waals surface area contributed by atoms with E-state index < -0.39 is 108 Å². The highest BCUT2D eigenvalue weighted by Gasteiger charge is 2.42. The Kier molecular flexibility index (Phi) is 45.7. The van der Waals surface area contributed by atoms with Crippen molar-refractivity contribution >= 4 is 81.8 Å². The van der Waals surface area contributed by atoms with Crippen LogP contribution in [0.3, 0.4) is 0 Å². The number of hydrogen-bond acceptors (Lipinski definition) is 16. The van der Waals surface area contributed by atoms with Crippen molar-refractivity contribution in [3.8, 4) is 0 Å². The number of nitrogens with two attached hydrogens (primary N) is 4. The maximum absolute atomic E-state index is 14.6. The number of hydrogen-bond donors (Lipinski definition) is 16. The lowest BCUT2D eigenvalue weighted by molar-refractivity contribution is -0.144. The quantitative estimate of drug-likeness (QED) is 0.0213. The summed E-state index contributed by atoms with van der Waals surface area (Å²) in [4.78, 5) is 159. The summed E-state index contributed by atoms with van der Waals surface area (Å²) in [7, 11) is 0. The Balaban J connectivity index is 1.43. The monoisotopic (exact) mass is 1500 g/mol. The van der Waals surface area contributed by atoms with E-state index in [0.29, 0.717) is 75.6 Å². The summed E-state index contributed by atoms with van der Waals surface area (Å²) in [6.07, 6.45) is 23.1. The van der Waals surface area contributed by atoms with Crippen LogP contribution in [0.4, 0.5) is 0 Å². The summed E-state index contributed by atoms with van der Waals surface area (Å²) >= 11 is 0. The molecule has 4 rings (SSSR count). The molecule has 30 heteroatoms. The summed E-state index contributed by atoms with van der Waals surface area (Å²) < 4.78 is 5.96. The number of ether oxygens (including phenoxy) is 1. The number of aliphatic imine (C=N–C) groups is 1. The van der Waals surface area contributed by atoms with Gasteiger partial charge >= 0.3 is 0 Å². The molecule has 30 nitrogen and oxygen atoms in total. The van der Waals surface area contributed by atoms with E-state index in [0.717, 1.165) is 60.9 Å². The Morgan fingerprint density at radius 2 is 0.953 bits per heavy atom. The number of carbonyl (C=O) groups excluding carboxylic acids is 11. The van der Waals surface area contributed by atoms with Gasteiger partial charge in [0, 0.05) is 75.5 Å². The van der Waals surface area contributed by atoms with Gasteiger partial charge in [0.25, 0.3) is 11.8 Å². The van der Waals surface area contributed by atoms with Gasteiger partial charge in [-0.05, 0) is 94.9 Å². The number of H-pyrrole nitrogens is 1. The van der Waals surface area contributed by atoms with E-state index in [1.807, 2.05) is 31.2 Å². The lowest BCUT2D eigenvalue weighted by Crippen LogP contribution is -2.60. The van der Waals surface area contributed by atoms with E-state index in [4.69, 9.17) is 27.7 Å². The van der Waals surface area contributed by atoms with E-state index in [1.54, 1.807) is 36.5 Å². The van der Waals surface area contributed by atoms with Crippen molar-refractivity contribution in [1.29, 1.82) is 0 Å². The summed E-state index contributed by atoms with van der Waals surface area (Å²) in [6.45, 7) is 8.35. The smallest absolute Gasteiger partial charge is 0.265 e. The number of aromatic amines is 1. The molecule has 107 heavy (non-hydrogen) atoms. The number of aromatic nitrogens is 1. The number of carbonyl (C=O) groups is 11. The zero-order chi connectivity index (χ0) is 78.0. The highest BCUT2D eigenvalue weighted by atomic mass is 16.6. The van der Waals surface area contributed by atoms with Gasteiger partial charge < -0.3 is 85.8 Å². The summed E-state index contributed by atoms with van der Waals surface area (Å²) in [6, 6.07) is 8.56. The van der Waals surface area contributed by atoms with Gasteiger partial charge in [-0.1, -0.05) is 185 Å². The minimum Gasteiger partial charge on any atom is -0.370 e. The number of benzene rings is 2. The average molecular weight is 1500 g/mol. The van der Waals surface area contributed by atoms with Gasteiger partial charge in [-0.15, -0.1) is 0 Å². The predicted octanol–water partition coefficient (Wildman–Crippen LogP) is 4.32. The third-order valence-corrected chi connectivity index (χ3v) is 18.7. The van der Waals surface area contributed by atoms with Crippen molar-refractivity contribution in [3.05, 3.63) is 71.9 Å². The number of rotatable bonds is 59. The van der Waals surface area contributed by atoms with Crippen LogP contribution in [0.1, 0.15) is 231 Å². The van der Waals surface area contributed by atoms with Crippen LogP contribution in [0.15, 0.2) is 65.8 Å². The SMILES string of the molecule is CCCCCCCCCCCC(=O)NCCCNC(=O)C1NN(CC(=O)N[C@@H](CCCC)C(=O)N[C@@H](C)C(=O)N[C@@H](CCCCN)C(=O)N[C@H](Cc2ccccc2)C(=O)N[C@@H](CCCN=C(N)N)C(=O)N[C@@H](Cc2c[nH]c3ccccc23)C(N)=O)C(C(=O)NCCCNC(=O)CCCCCCCCCCC)O1. The van der Waals surface area contributed by atoms with Gasteiger partial charge in [0.2, 0.25) is 65.6 Å². The summed E-state index contributed by atoms with van der Waals surface area (Å²) in [5, 5.41) is 29.7. The molecule has 2 unspecified atom stereocenters. The van der Waals surface area contributed by atoms with Crippen molar-refractivity contribution in [2.75, 3.05) is 45.8 Å². The van der Waals surface area contributed by atoms with Crippen molar-refractivity contribution in [1.82, 2.24) is 68.6 Å². The van der Waals surface area contributed by atoms with E-state index in [-0.39, 0.29) is 82.5 Å². The second kappa shape index (κ2) is 53.9. The van der Waals surface area contributed by atoms with Gasteiger partial charge in [0.15, 0.2) is 5.96 Å². The standard InChI is InChI=1S/C77H128N18O12/c1-5-8-11-13-15-17-19-21-26-42-64(96)82-46-33-48-84-73(105)75-94-95(76(107-75)74(106)85-49-34-47-83-65(97)43-27-22-20-18-16-14-12-9-6-2)53-66(98)89-59(38-10-7-3)69(101)88-54(4)68(100)90-60(40-30-31-44-78)71(103)93-63(50-55-35-24-23-25-36-55)72(104)91-61(41-32-45-86-77(80)81)70(102)92-62(67(79)99)51-56-52-87-58-39-29-28-37-57(56)58/h23-25,28-29,35-37,39,52,54,59-63,75-76,87,94H,5-22,26-27,30-34,38,40-51,53,78H2,1-4H3,(H2,79,99)(H,82,96)(H,83,97)(H,84,105)(H,85,106)(H,88,101)(H,89,98)(H,90,100)(H,91,104)(H,92,102)(H,93,103)(H4,80,81,86)/t54-,59-,60-,61-,62-,63+,75?,76?/m0/s1. The first-order valence-electron chi connectivity index (χ1n) is 39.4. The zero-order valence-corrected chi connectivity index (χ0v) is 64.1. The molecule has 1 fully saturated rings. The third kappa shape index (κ3) is 37.6. The number of para-hydroxylation sites is 1. The van der Waals surface area contributed by atoms with Gasteiger partial charge in [-0.2, -0.15) is 5.01 Å². The lowest BCUT2D eigenvalue weighted by Gasteiger charge is -2.27. The molecular weight excluding hydrogens is 1370 g/mol. The highest BCUT2D eigenvalue weighted by Crippen LogP contribution is 2.21. The maximum atomic E-state index is 14.6.